The van der Waals surface area contributed by atoms with Crippen molar-refractivity contribution in [2.24, 2.45) is 5.41 Å². The van der Waals surface area contributed by atoms with Gasteiger partial charge >= 0.3 is 12.0 Å². The minimum absolute atomic E-state index is 0.254. The average Bonchev–Trinajstić information content (AvgIpc) is 2.68. The van der Waals surface area contributed by atoms with Crippen LogP contribution in [0.25, 0.3) is 0 Å². The zero-order chi connectivity index (χ0) is 13.6. The quantitative estimate of drug-likeness (QED) is 0.644. The van der Waals surface area contributed by atoms with Gasteiger partial charge < -0.3 is 15.7 Å². The lowest BCUT2D eigenvalue weighted by Crippen LogP contribution is -2.50. The van der Waals surface area contributed by atoms with Gasteiger partial charge in [-0.2, -0.15) is 11.8 Å². The second-order valence-electron chi connectivity index (χ2n) is 4.91. The van der Waals surface area contributed by atoms with Gasteiger partial charge in [-0.15, -0.1) is 0 Å². The molecule has 0 bridgehead atoms. The van der Waals surface area contributed by atoms with Gasteiger partial charge in [-0.1, -0.05) is 6.42 Å². The van der Waals surface area contributed by atoms with Crippen LogP contribution >= 0.6 is 11.8 Å². The summed E-state index contributed by atoms with van der Waals surface area (Å²) in [4.78, 5) is 22.9. The lowest BCUT2D eigenvalue weighted by Gasteiger charge is -2.27. The molecule has 18 heavy (non-hydrogen) atoms. The summed E-state index contributed by atoms with van der Waals surface area (Å²) in [6, 6.07) is -0.522. The number of aliphatic carboxylic acids is 1. The van der Waals surface area contributed by atoms with E-state index in [2.05, 4.69) is 10.6 Å². The van der Waals surface area contributed by atoms with Gasteiger partial charge in [-0.3, -0.25) is 4.79 Å². The molecule has 1 saturated carbocycles. The van der Waals surface area contributed by atoms with Crippen LogP contribution in [0.15, 0.2) is 0 Å². The van der Waals surface area contributed by atoms with Crippen LogP contribution in [0, 0.1) is 5.41 Å². The zero-order valence-corrected chi connectivity index (χ0v) is 11.8. The Morgan fingerprint density at radius 1 is 1.50 bits per heavy atom. The number of urea groups is 1. The van der Waals surface area contributed by atoms with Crippen LogP contribution < -0.4 is 10.6 Å². The summed E-state index contributed by atoms with van der Waals surface area (Å²) in [6.45, 7) is 2.34. The third-order valence-electron chi connectivity index (χ3n) is 3.56. The topological polar surface area (TPSA) is 78.4 Å². The van der Waals surface area contributed by atoms with Gasteiger partial charge in [0.05, 0.1) is 5.41 Å². The molecule has 0 heterocycles. The maximum absolute atomic E-state index is 11.7. The van der Waals surface area contributed by atoms with E-state index in [-0.39, 0.29) is 12.1 Å². The Morgan fingerprint density at radius 3 is 2.83 bits per heavy atom. The van der Waals surface area contributed by atoms with Crippen LogP contribution in [0.2, 0.25) is 0 Å². The highest BCUT2D eigenvalue weighted by atomic mass is 32.2. The number of carbonyl (C=O) groups excluding carboxylic acids is 1. The Bertz CT molecular complexity index is 312. The highest BCUT2D eigenvalue weighted by molar-refractivity contribution is 7.98. The smallest absolute Gasteiger partial charge is 0.315 e. The molecule has 0 spiro atoms. The van der Waals surface area contributed by atoms with Crippen LogP contribution in [-0.2, 0) is 4.79 Å². The Morgan fingerprint density at radius 2 is 2.22 bits per heavy atom. The second kappa shape index (κ2) is 6.87. The van der Waals surface area contributed by atoms with Crippen LogP contribution in [0.4, 0.5) is 4.79 Å². The summed E-state index contributed by atoms with van der Waals surface area (Å²) >= 11 is 1.74. The van der Waals surface area contributed by atoms with Gasteiger partial charge in [-0.05, 0) is 38.2 Å². The third kappa shape index (κ3) is 3.80. The van der Waals surface area contributed by atoms with E-state index in [1.807, 2.05) is 6.26 Å². The minimum atomic E-state index is -0.826. The lowest BCUT2D eigenvalue weighted by molar-refractivity contribution is -0.148. The normalized spacial score (nSPS) is 26.9. The Kier molecular flexibility index (Phi) is 5.78. The fraction of sp³-hybridized carbons (Fsp3) is 0.833. The van der Waals surface area contributed by atoms with Crippen LogP contribution in [0.5, 0.6) is 0 Å². The molecule has 2 unspecified atom stereocenters. The van der Waals surface area contributed by atoms with E-state index in [0.717, 1.165) is 25.0 Å². The first kappa shape index (κ1) is 15.1. The number of hydrogen-bond donors (Lipinski definition) is 3. The predicted octanol–water partition coefficient (Wildman–Crippen LogP) is 1.68. The maximum Gasteiger partial charge on any atom is 0.315 e. The third-order valence-corrected chi connectivity index (χ3v) is 4.26. The van der Waals surface area contributed by atoms with Gasteiger partial charge in [0.1, 0.15) is 0 Å². The van der Waals surface area contributed by atoms with Crippen molar-refractivity contribution in [2.45, 2.75) is 38.6 Å². The van der Waals surface area contributed by atoms with Gasteiger partial charge in [0.2, 0.25) is 0 Å². The van der Waals surface area contributed by atoms with Gasteiger partial charge in [-0.25, -0.2) is 4.79 Å². The first-order valence-corrected chi connectivity index (χ1v) is 7.67. The highest BCUT2D eigenvalue weighted by Gasteiger charge is 2.45. The number of carboxylic acids is 1. The van der Waals surface area contributed by atoms with Crippen molar-refractivity contribution in [3.8, 4) is 0 Å². The maximum atomic E-state index is 11.7. The van der Waals surface area contributed by atoms with Gasteiger partial charge in [0.25, 0.3) is 0 Å². The first-order valence-electron chi connectivity index (χ1n) is 6.27. The van der Waals surface area contributed by atoms with Crippen molar-refractivity contribution in [3.63, 3.8) is 0 Å². The molecule has 0 radical (unpaired) electrons. The molecule has 1 aliphatic rings. The Balaban J connectivity index is 2.37. The molecule has 1 aliphatic carbocycles. The summed E-state index contributed by atoms with van der Waals surface area (Å²) in [6.07, 6.45) is 5.16. The monoisotopic (exact) mass is 274 g/mol. The molecule has 6 heteroatoms. The van der Waals surface area contributed by atoms with E-state index in [9.17, 15) is 14.7 Å². The Hall–Kier alpha value is -0.910. The van der Waals surface area contributed by atoms with Crippen molar-refractivity contribution in [1.29, 1.82) is 0 Å². The SMILES string of the molecule is CSCCCNC(=O)NC1CCCC1(C)C(=O)O. The van der Waals surface area contributed by atoms with Crippen LogP contribution in [0.1, 0.15) is 32.6 Å². The van der Waals surface area contributed by atoms with Crippen molar-refractivity contribution >= 4 is 23.8 Å². The Labute approximate surface area is 112 Å². The van der Waals surface area contributed by atoms with Crippen LogP contribution in [-0.4, -0.2) is 41.7 Å². The fourth-order valence-corrected chi connectivity index (χ4v) is 2.71. The van der Waals surface area contributed by atoms with E-state index >= 15 is 0 Å². The summed E-state index contributed by atoms with van der Waals surface area (Å²) in [5.41, 5.74) is -0.823. The second-order valence-corrected chi connectivity index (χ2v) is 5.90. The molecular formula is C12H22N2O3S. The molecule has 0 saturated heterocycles. The van der Waals surface area contributed by atoms with E-state index in [1.54, 1.807) is 18.7 Å². The molecule has 3 N–H and O–H groups in total. The molecule has 2 atom stereocenters. The molecular weight excluding hydrogens is 252 g/mol. The summed E-state index contributed by atoms with van der Waals surface area (Å²) in [5, 5.41) is 14.8. The number of hydrogen-bond acceptors (Lipinski definition) is 3. The van der Waals surface area contributed by atoms with E-state index < -0.39 is 11.4 Å². The lowest BCUT2D eigenvalue weighted by atomic mass is 9.85. The highest BCUT2D eigenvalue weighted by Crippen LogP contribution is 2.38. The molecule has 0 aliphatic heterocycles. The molecule has 5 nitrogen and oxygen atoms in total. The largest absolute Gasteiger partial charge is 0.481 e. The van der Waals surface area contributed by atoms with E-state index in [1.165, 1.54) is 0 Å². The molecule has 0 aromatic heterocycles. The number of amides is 2. The number of carboxylic acid groups (broad SMARTS) is 1. The summed E-state index contributed by atoms with van der Waals surface area (Å²) in [7, 11) is 0. The fourth-order valence-electron chi connectivity index (χ4n) is 2.28. The number of rotatable bonds is 6. The van der Waals surface area contributed by atoms with Crippen molar-refractivity contribution < 1.29 is 14.7 Å². The van der Waals surface area contributed by atoms with Crippen LogP contribution in [0.3, 0.4) is 0 Å². The number of thioether (sulfide) groups is 1. The minimum Gasteiger partial charge on any atom is -0.481 e. The average molecular weight is 274 g/mol. The molecule has 1 rings (SSSR count). The van der Waals surface area contributed by atoms with E-state index in [0.29, 0.717) is 13.0 Å². The van der Waals surface area contributed by atoms with Crippen molar-refractivity contribution in [1.82, 2.24) is 10.6 Å². The van der Waals surface area contributed by atoms with E-state index in [4.69, 9.17) is 0 Å². The van der Waals surface area contributed by atoms with Gasteiger partial charge in [0.15, 0.2) is 0 Å². The molecule has 1 fully saturated rings. The molecule has 104 valence electrons. The van der Waals surface area contributed by atoms with Crippen molar-refractivity contribution in [3.05, 3.63) is 0 Å². The molecule has 2 amide bonds. The number of nitrogens with one attached hydrogen (secondary N) is 2. The molecule has 0 aromatic rings. The zero-order valence-electron chi connectivity index (χ0n) is 11.0. The van der Waals surface area contributed by atoms with Gasteiger partial charge in [0, 0.05) is 12.6 Å². The number of carbonyl (C=O) groups is 2. The predicted molar refractivity (Wildman–Crippen MR) is 72.9 cm³/mol. The summed E-state index contributed by atoms with van der Waals surface area (Å²) in [5.74, 6) is 0.184. The first-order chi connectivity index (χ1) is 8.50. The summed E-state index contributed by atoms with van der Waals surface area (Å²) < 4.78 is 0. The standard InChI is InChI=1S/C12H22N2O3S/c1-12(10(15)16)6-3-5-9(12)14-11(17)13-7-4-8-18-2/h9H,3-8H2,1-2H3,(H,15,16)(H2,13,14,17). The van der Waals surface area contributed by atoms with Crippen molar-refractivity contribution in [2.75, 3.05) is 18.6 Å². The molecule has 0 aromatic carbocycles.